The number of aromatic nitrogens is 5. The second-order valence-electron chi connectivity index (χ2n) is 6.11. The minimum Gasteiger partial charge on any atom is -0.432 e. The highest BCUT2D eigenvalue weighted by Gasteiger charge is 2.19. The van der Waals surface area contributed by atoms with E-state index in [1.807, 2.05) is 0 Å². The van der Waals surface area contributed by atoms with Gasteiger partial charge in [-0.3, -0.25) is 19.2 Å². The van der Waals surface area contributed by atoms with Gasteiger partial charge in [0.1, 0.15) is 6.26 Å². The number of hydrogen-bond donors (Lipinski definition) is 1. The molecule has 9 nitrogen and oxygen atoms in total. The van der Waals surface area contributed by atoms with Crippen LogP contribution in [0.3, 0.4) is 0 Å². The van der Waals surface area contributed by atoms with E-state index in [1.54, 1.807) is 36.9 Å². The molecule has 4 aromatic rings. The Morgan fingerprint density at radius 2 is 1.93 bits per heavy atom. The second kappa shape index (κ2) is 6.84. The lowest BCUT2D eigenvalue weighted by atomic mass is 10.2. The van der Waals surface area contributed by atoms with Gasteiger partial charge in [-0.1, -0.05) is 29.3 Å². The smallest absolute Gasteiger partial charge is 0.332 e. The van der Waals surface area contributed by atoms with Gasteiger partial charge in [0.05, 0.1) is 22.8 Å². The van der Waals surface area contributed by atoms with Crippen molar-refractivity contribution in [2.24, 2.45) is 14.1 Å². The van der Waals surface area contributed by atoms with Crippen LogP contribution in [0.2, 0.25) is 10.0 Å². The van der Waals surface area contributed by atoms with Crippen LogP contribution in [0.4, 0.5) is 12.0 Å². The van der Waals surface area contributed by atoms with Crippen LogP contribution in [0, 0.1) is 0 Å². The highest BCUT2D eigenvalue weighted by atomic mass is 35.5. The van der Waals surface area contributed by atoms with Gasteiger partial charge >= 0.3 is 11.7 Å². The number of rotatable bonds is 4. The van der Waals surface area contributed by atoms with E-state index < -0.39 is 11.2 Å². The summed E-state index contributed by atoms with van der Waals surface area (Å²) in [4.78, 5) is 34.1. The molecule has 0 saturated carbocycles. The number of imidazole rings is 1. The summed E-state index contributed by atoms with van der Waals surface area (Å²) in [5.41, 5.74) is 0.213. The van der Waals surface area contributed by atoms with Gasteiger partial charge in [-0.25, -0.2) is 9.78 Å². The number of aryl methyl sites for hydroxylation is 2. The Labute approximate surface area is 167 Å². The van der Waals surface area contributed by atoms with Crippen molar-refractivity contribution in [1.82, 2.24) is 23.7 Å². The van der Waals surface area contributed by atoms with E-state index in [1.165, 1.54) is 17.0 Å². The van der Waals surface area contributed by atoms with Crippen molar-refractivity contribution in [2.45, 2.75) is 6.54 Å². The van der Waals surface area contributed by atoms with Crippen LogP contribution in [-0.4, -0.2) is 23.7 Å². The number of fused-ring (bicyclic) bond motifs is 1. The Morgan fingerprint density at radius 3 is 2.61 bits per heavy atom. The second-order valence-corrected chi connectivity index (χ2v) is 6.92. The molecule has 0 saturated heterocycles. The van der Waals surface area contributed by atoms with Gasteiger partial charge in [-0.15, -0.1) is 0 Å². The first-order valence-corrected chi connectivity index (χ1v) is 8.89. The zero-order valence-electron chi connectivity index (χ0n) is 14.8. The van der Waals surface area contributed by atoms with Crippen LogP contribution in [0.25, 0.3) is 11.2 Å². The maximum Gasteiger partial charge on any atom is 0.332 e. The molecule has 0 bridgehead atoms. The molecule has 1 N–H and O–H groups in total. The molecule has 1 aromatic carbocycles. The Morgan fingerprint density at radius 1 is 1.14 bits per heavy atom. The predicted octanol–water partition coefficient (Wildman–Crippen LogP) is 2.52. The van der Waals surface area contributed by atoms with Crippen LogP contribution in [0.1, 0.15) is 5.56 Å². The molecule has 0 atom stereocenters. The summed E-state index contributed by atoms with van der Waals surface area (Å²) in [5, 5.41) is 3.63. The Bertz CT molecular complexity index is 1300. The Hall–Kier alpha value is -3.04. The average Bonchev–Trinajstić information content (AvgIpc) is 3.29. The van der Waals surface area contributed by atoms with E-state index in [0.29, 0.717) is 21.6 Å². The summed E-state index contributed by atoms with van der Waals surface area (Å²) < 4.78 is 9.13. The molecule has 0 aliphatic rings. The van der Waals surface area contributed by atoms with Gasteiger partial charge in [0.15, 0.2) is 11.2 Å². The first kappa shape index (κ1) is 18.3. The molecule has 144 valence electrons. The summed E-state index contributed by atoms with van der Waals surface area (Å²) in [5.74, 6) is 0.317. The molecule has 3 aromatic heterocycles. The molecule has 4 rings (SSSR count). The largest absolute Gasteiger partial charge is 0.432 e. The van der Waals surface area contributed by atoms with E-state index in [9.17, 15) is 9.59 Å². The van der Waals surface area contributed by atoms with E-state index in [-0.39, 0.29) is 23.7 Å². The Balaban J connectivity index is 1.86. The van der Waals surface area contributed by atoms with Gasteiger partial charge in [0.2, 0.25) is 5.95 Å². The Kier molecular flexibility index (Phi) is 4.48. The van der Waals surface area contributed by atoms with Crippen molar-refractivity contribution in [1.29, 1.82) is 0 Å². The van der Waals surface area contributed by atoms with Crippen LogP contribution >= 0.6 is 23.2 Å². The predicted molar refractivity (Wildman–Crippen MR) is 106 cm³/mol. The molecule has 0 fully saturated rings. The van der Waals surface area contributed by atoms with Crippen molar-refractivity contribution in [3.63, 3.8) is 0 Å². The number of nitrogens with one attached hydrogen (secondary N) is 1. The van der Waals surface area contributed by atoms with Gasteiger partial charge in [-0.05, 0) is 17.7 Å². The molecule has 0 unspecified atom stereocenters. The van der Waals surface area contributed by atoms with Crippen molar-refractivity contribution in [2.75, 3.05) is 5.32 Å². The van der Waals surface area contributed by atoms with E-state index in [2.05, 4.69) is 15.3 Å². The van der Waals surface area contributed by atoms with Crippen LogP contribution in [0.5, 0.6) is 0 Å². The molecule has 0 aliphatic carbocycles. The highest BCUT2D eigenvalue weighted by molar-refractivity contribution is 6.42. The third-order valence-corrected chi connectivity index (χ3v) is 5.07. The van der Waals surface area contributed by atoms with Crippen LogP contribution < -0.4 is 16.6 Å². The molecule has 0 amide bonds. The standard InChI is InChI=1S/C17H14Cl2N6O3/c1-23-12-13(21-15(23)22-16-20-5-6-28-16)24(2)17(27)25(14(12)26)8-9-3-4-10(18)11(19)7-9/h3-7H,8H2,1-2H3,(H,20,21,22). The van der Waals surface area contributed by atoms with Crippen LogP contribution in [0.15, 0.2) is 44.7 Å². The fraction of sp³-hybridized carbons (Fsp3) is 0.176. The fourth-order valence-corrected chi connectivity index (χ4v) is 3.22. The van der Waals surface area contributed by atoms with Crippen LogP contribution in [-0.2, 0) is 20.6 Å². The molecular weight excluding hydrogens is 407 g/mol. The maximum absolute atomic E-state index is 13.1. The molecule has 28 heavy (non-hydrogen) atoms. The van der Waals surface area contributed by atoms with Crippen molar-refractivity contribution >= 4 is 46.3 Å². The first-order valence-electron chi connectivity index (χ1n) is 8.13. The SMILES string of the molecule is Cn1c(Nc2ncco2)nc2c1c(=O)n(Cc1ccc(Cl)c(Cl)c1)c(=O)n2C. The minimum atomic E-state index is -0.496. The third kappa shape index (κ3) is 2.98. The minimum absolute atomic E-state index is 0.0476. The summed E-state index contributed by atoms with van der Waals surface area (Å²) in [6, 6.07) is 5.18. The van der Waals surface area contributed by atoms with E-state index in [0.717, 1.165) is 4.57 Å². The molecular formula is C17H14Cl2N6O3. The summed E-state index contributed by atoms with van der Waals surface area (Å²) >= 11 is 12.0. The van der Waals surface area contributed by atoms with E-state index >= 15 is 0 Å². The highest BCUT2D eigenvalue weighted by Crippen LogP contribution is 2.23. The van der Waals surface area contributed by atoms with Gasteiger partial charge < -0.3 is 8.98 Å². The monoisotopic (exact) mass is 420 g/mol. The lowest BCUT2D eigenvalue weighted by molar-refractivity contribution is 0.576. The number of nitrogens with zero attached hydrogens (tertiary/aromatic N) is 5. The number of anilines is 2. The lowest BCUT2D eigenvalue weighted by Gasteiger charge is -2.09. The zero-order chi connectivity index (χ0) is 20.0. The normalized spacial score (nSPS) is 11.3. The molecule has 0 spiro atoms. The number of hydrogen-bond acceptors (Lipinski definition) is 6. The summed E-state index contributed by atoms with van der Waals surface area (Å²) in [6.07, 6.45) is 2.88. The molecule has 0 radical (unpaired) electrons. The topological polar surface area (TPSA) is 99.9 Å². The van der Waals surface area contributed by atoms with Gasteiger partial charge in [0, 0.05) is 14.1 Å². The third-order valence-electron chi connectivity index (χ3n) is 4.34. The fourth-order valence-electron chi connectivity index (χ4n) is 2.90. The summed E-state index contributed by atoms with van der Waals surface area (Å²) in [6.45, 7) is 0.0476. The van der Waals surface area contributed by atoms with Gasteiger partial charge in [0.25, 0.3) is 5.56 Å². The summed E-state index contributed by atoms with van der Waals surface area (Å²) in [7, 11) is 3.22. The molecule has 0 aliphatic heterocycles. The number of oxazole rings is 1. The number of benzene rings is 1. The lowest BCUT2D eigenvalue weighted by Crippen LogP contribution is -2.39. The van der Waals surface area contributed by atoms with Crippen molar-refractivity contribution in [3.05, 3.63) is 67.1 Å². The zero-order valence-corrected chi connectivity index (χ0v) is 16.3. The van der Waals surface area contributed by atoms with Crippen molar-refractivity contribution in [3.8, 4) is 0 Å². The average molecular weight is 421 g/mol. The first-order chi connectivity index (χ1) is 13.4. The van der Waals surface area contributed by atoms with Crippen molar-refractivity contribution < 1.29 is 4.42 Å². The quantitative estimate of drug-likeness (QED) is 0.544. The molecule has 11 heteroatoms. The van der Waals surface area contributed by atoms with E-state index in [4.69, 9.17) is 27.6 Å². The molecule has 3 heterocycles. The number of halogens is 2. The van der Waals surface area contributed by atoms with Gasteiger partial charge in [-0.2, -0.15) is 4.98 Å². The maximum atomic E-state index is 13.1.